The highest BCUT2D eigenvalue weighted by Gasteiger charge is 2.20. The van der Waals surface area contributed by atoms with Gasteiger partial charge < -0.3 is 4.74 Å². The van der Waals surface area contributed by atoms with Gasteiger partial charge in [-0.15, -0.1) is 0 Å². The summed E-state index contributed by atoms with van der Waals surface area (Å²) in [7, 11) is -2.00. The molecule has 5 heteroatoms. The highest BCUT2D eigenvalue weighted by Crippen LogP contribution is 2.27. The maximum Gasteiger partial charge on any atom is 0.241 e. The van der Waals surface area contributed by atoms with Crippen LogP contribution in [0.25, 0.3) is 0 Å². The van der Waals surface area contributed by atoms with E-state index in [0.29, 0.717) is 5.75 Å². The molecule has 0 heterocycles. The number of methoxy groups -OCH3 is 1. The molecule has 0 amide bonds. The molecule has 2 aromatic rings. The first-order valence-electron chi connectivity index (χ1n) is 8.19. The van der Waals surface area contributed by atoms with E-state index in [1.807, 2.05) is 19.9 Å². The molecule has 0 saturated heterocycles. The smallest absolute Gasteiger partial charge is 0.241 e. The van der Waals surface area contributed by atoms with Crippen LogP contribution in [0.3, 0.4) is 0 Å². The van der Waals surface area contributed by atoms with Crippen LogP contribution >= 0.6 is 0 Å². The van der Waals surface area contributed by atoms with Crippen molar-refractivity contribution in [2.45, 2.75) is 44.0 Å². The van der Waals surface area contributed by atoms with Crippen molar-refractivity contribution < 1.29 is 13.2 Å². The maximum atomic E-state index is 12.6. The van der Waals surface area contributed by atoms with Crippen molar-refractivity contribution in [3.05, 3.63) is 58.7 Å². The molecule has 1 N–H and O–H groups in total. The van der Waals surface area contributed by atoms with Gasteiger partial charge >= 0.3 is 0 Å². The first kappa shape index (κ1) is 17.0. The molecule has 4 nitrogen and oxygen atoms in total. The lowest BCUT2D eigenvalue weighted by atomic mass is 10.0. The van der Waals surface area contributed by atoms with E-state index in [9.17, 15) is 8.42 Å². The zero-order valence-corrected chi connectivity index (χ0v) is 15.1. The van der Waals surface area contributed by atoms with E-state index in [1.54, 1.807) is 25.3 Å². The molecule has 1 aliphatic carbocycles. The van der Waals surface area contributed by atoms with Crippen LogP contribution in [-0.4, -0.2) is 15.5 Å². The quantitative estimate of drug-likeness (QED) is 0.902. The molecule has 1 atom stereocenters. The molecule has 0 unspecified atom stereocenters. The van der Waals surface area contributed by atoms with Crippen molar-refractivity contribution in [1.82, 2.24) is 4.72 Å². The standard InChI is InChI=1S/C19H23NO3S/c1-13-11-18(9-10-19(13)23-3)24(21,22)20-14(2)16-8-7-15-5-4-6-17(15)12-16/h7-12,14,20H,4-6H2,1-3H3/t14-/m1/s1. The Kier molecular flexibility index (Phi) is 4.65. The summed E-state index contributed by atoms with van der Waals surface area (Å²) < 4.78 is 33.3. The fourth-order valence-corrected chi connectivity index (χ4v) is 4.56. The van der Waals surface area contributed by atoms with Gasteiger partial charge in [-0.1, -0.05) is 18.2 Å². The Balaban J connectivity index is 1.82. The Labute approximate surface area is 143 Å². The lowest BCUT2D eigenvalue weighted by molar-refractivity contribution is 0.411. The zero-order valence-electron chi connectivity index (χ0n) is 14.3. The number of nitrogens with one attached hydrogen (secondary N) is 1. The lowest BCUT2D eigenvalue weighted by Gasteiger charge is -2.16. The highest BCUT2D eigenvalue weighted by atomic mass is 32.2. The minimum atomic E-state index is -3.57. The molecule has 0 aromatic heterocycles. The molecule has 24 heavy (non-hydrogen) atoms. The van der Waals surface area contributed by atoms with Gasteiger partial charge in [0.2, 0.25) is 10.0 Å². The van der Waals surface area contributed by atoms with E-state index in [4.69, 9.17) is 4.74 Å². The molecule has 0 spiro atoms. The molecule has 0 fully saturated rings. The monoisotopic (exact) mass is 345 g/mol. The summed E-state index contributed by atoms with van der Waals surface area (Å²) in [5.74, 6) is 0.681. The van der Waals surface area contributed by atoms with Crippen LogP contribution in [0.1, 0.15) is 41.6 Å². The molecule has 1 aliphatic rings. The van der Waals surface area contributed by atoms with Gasteiger partial charge in [0.05, 0.1) is 12.0 Å². The van der Waals surface area contributed by atoms with Crippen LogP contribution < -0.4 is 9.46 Å². The Morgan fingerprint density at radius 1 is 1.08 bits per heavy atom. The van der Waals surface area contributed by atoms with Crippen LogP contribution in [0.4, 0.5) is 0 Å². The normalized spacial score (nSPS) is 15.1. The van der Waals surface area contributed by atoms with Crippen molar-refractivity contribution >= 4 is 10.0 Å². The van der Waals surface area contributed by atoms with Gasteiger partial charge in [0, 0.05) is 6.04 Å². The van der Waals surface area contributed by atoms with Crippen LogP contribution in [0.5, 0.6) is 5.75 Å². The Bertz CT molecular complexity index is 859. The SMILES string of the molecule is COc1ccc(S(=O)(=O)N[C@H](C)c2ccc3c(c2)CCC3)cc1C. The van der Waals surface area contributed by atoms with Crippen LogP contribution in [0, 0.1) is 6.92 Å². The van der Waals surface area contributed by atoms with E-state index >= 15 is 0 Å². The lowest BCUT2D eigenvalue weighted by Crippen LogP contribution is -2.27. The minimum absolute atomic E-state index is 0.258. The highest BCUT2D eigenvalue weighted by molar-refractivity contribution is 7.89. The number of hydrogen-bond acceptors (Lipinski definition) is 3. The Morgan fingerprint density at radius 3 is 2.54 bits per heavy atom. The van der Waals surface area contributed by atoms with Crippen molar-refractivity contribution in [1.29, 1.82) is 0 Å². The number of rotatable bonds is 5. The topological polar surface area (TPSA) is 55.4 Å². The van der Waals surface area contributed by atoms with Gasteiger partial charge in [-0.25, -0.2) is 13.1 Å². The predicted octanol–water partition coefficient (Wildman–Crippen LogP) is 3.53. The number of ether oxygens (including phenoxy) is 1. The molecule has 0 radical (unpaired) electrons. The van der Waals surface area contributed by atoms with Gasteiger partial charge in [-0.2, -0.15) is 0 Å². The summed E-state index contributed by atoms with van der Waals surface area (Å²) >= 11 is 0. The predicted molar refractivity (Wildman–Crippen MR) is 94.9 cm³/mol. The number of hydrogen-bond donors (Lipinski definition) is 1. The van der Waals surface area contributed by atoms with E-state index < -0.39 is 10.0 Å². The summed E-state index contributed by atoms with van der Waals surface area (Å²) in [6.45, 7) is 3.71. The number of sulfonamides is 1. The second-order valence-electron chi connectivity index (χ2n) is 6.36. The van der Waals surface area contributed by atoms with Gasteiger partial charge in [0.1, 0.15) is 5.75 Å². The third-order valence-electron chi connectivity index (χ3n) is 4.63. The van der Waals surface area contributed by atoms with Crippen molar-refractivity contribution in [2.75, 3.05) is 7.11 Å². The van der Waals surface area contributed by atoms with E-state index in [0.717, 1.165) is 24.0 Å². The maximum absolute atomic E-state index is 12.6. The fourth-order valence-electron chi connectivity index (χ4n) is 3.25. The first-order valence-corrected chi connectivity index (χ1v) is 9.67. The van der Waals surface area contributed by atoms with Crippen molar-refractivity contribution in [3.63, 3.8) is 0 Å². The fraction of sp³-hybridized carbons (Fsp3) is 0.368. The average Bonchev–Trinajstić information content (AvgIpc) is 3.01. The third kappa shape index (κ3) is 3.32. The molecule has 2 aromatic carbocycles. The average molecular weight is 345 g/mol. The first-order chi connectivity index (χ1) is 11.4. The third-order valence-corrected chi connectivity index (χ3v) is 6.17. The number of aryl methyl sites for hydroxylation is 3. The molecule has 3 rings (SSSR count). The second-order valence-corrected chi connectivity index (χ2v) is 8.07. The summed E-state index contributed by atoms with van der Waals surface area (Å²) in [6.07, 6.45) is 3.39. The van der Waals surface area contributed by atoms with Crippen LogP contribution in [0.2, 0.25) is 0 Å². The van der Waals surface area contributed by atoms with Crippen molar-refractivity contribution in [2.24, 2.45) is 0 Å². The molecule has 0 saturated carbocycles. The summed E-state index contributed by atoms with van der Waals surface area (Å²) in [6, 6.07) is 10.9. The van der Waals surface area contributed by atoms with Crippen molar-refractivity contribution in [3.8, 4) is 5.75 Å². The van der Waals surface area contributed by atoms with Crippen LogP contribution in [-0.2, 0) is 22.9 Å². The molecular formula is C19H23NO3S. The number of benzene rings is 2. The summed E-state index contributed by atoms with van der Waals surface area (Å²) in [5.41, 5.74) is 4.54. The molecule has 128 valence electrons. The van der Waals surface area contributed by atoms with E-state index in [2.05, 4.69) is 16.9 Å². The summed E-state index contributed by atoms with van der Waals surface area (Å²) in [4.78, 5) is 0.258. The Hall–Kier alpha value is -1.85. The van der Waals surface area contributed by atoms with Gasteiger partial charge in [-0.3, -0.25) is 0 Å². The van der Waals surface area contributed by atoms with Gasteiger partial charge in [0.15, 0.2) is 0 Å². The minimum Gasteiger partial charge on any atom is -0.496 e. The Morgan fingerprint density at radius 2 is 1.83 bits per heavy atom. The van der Waals surface area contributed by atoms with Gasteiger partial charge in [-0.05, 0) is 73.6 Å². The number of fused-ring (bicyclic) bond motifs is 1. The van der Waals surface area contributed by atoms with E-state index in [1.165, 1.54) is 17.5 Å². The van der Waals surface area contributed by atoms with Crippen LogP contribution in [0.15, 0.2) is 41.3 Å². The summed E-state index contributed by atoms with van der Waals surface area (Å²) in [5, 5.41) is 0. The largest absolute Gasteiger partial charge is 0.496 e. The zero-order chi connectivity index (χ0) is 17.3. The molecule has 0 aliphatic heterocycles. The molecule has 0 bridgehead atoms. The molecular weight excluding hydrogens is 322 g/mol. The second kappa shape index (κ2) is 6.57. The van der Waals surface area contributed by atoms with Gasteiger partial charge in [0.25, 0.3) is 0 Å². The van der Waals surface area contributed by atoms with E-state index in [-0.39, 0.29) is 10.9 Å².